The molecule has 5 heteroatoms. The van der Waals surface area contributed by atoms with E-state index in [-0.39, 0.29) is 5.78 Å². The Bertz CT molecular complexity index is 618. The van der Waals surface area contributed by atoms with E-state index in [4.69, 9.17) is 23.2 Å². The van der Waals surface area contributed by atoms with Crippen LogP contribution in [0.5, 0.6) is 0 Å². The van der Waals surface area contributed by atoms with Crippen molar-refractivity contribution in [1.82, 2.24) is 0 Å². The zero-order chi connectivity index (χ0) is 14.9. The SMILES string of the molecule is CC1=CC(=O)C(C)(Cl)C(Cl)C1=NC(=O)c1ccccc1. The molecule has 0 saturated heterocycles. The summed E-state index contributed by atoms with van der Waals surface area (Å²) in [7, 11) is 0. The highest BCUT2D eigenvalue weighted by Crippen LogP contribution is 2.33. The van der Waals surface area contributed by atoms with Gasteiger partial charge in [-0.2, -0.15) is 0 Å². The molecule has 3 nitrogen and oxygen atoms in total. The summed E-state index contributed by atoms with van der Waals surface area (Å²) >= 11 is 12.4. The van der Waals surface area contributed by atoms with E-state index in [1.54, 1.807) is 31.2 Å². The number of amides is 1. The maximum atomic E-state index is 12.1. The first-order chi connectivity index (χ1) is 9.34. The van der Waals surface area contributed by atoms with Gasteiger partial charge in [-0.05, 0) is 37.6 Å². The molecular formula is C15H13Cl2NO2. The summed E-state index contributed by atoms with van der Waals surface area (Å²) < 4.78 is 0. The van der Waals surface area contributed by atoms with Crippen LogP contribution in [-0.4, -0.2) is 27.7 Å². The molecule has 1 aromatic carbocycles. The van der Waals surface area contributed by atoms with E-state index in [2.05, 4.69) is 4.99 Å². The standard InChI is InChI=1S/C15H13Cl2NO2/c1-9-8-11(19)15(2,17)13(16)12(9)18-14(20)10-6-4-3-5-7-10/h3-8,13H,1-2H3. The Kier molecular flexibility index (Phi) is 4.11. The largest absolute Gasteiger partial charge is 0.293 e. The summed E-state index contributed by atoms with van der Waals surface area (Å²) in [5.74, 6) is -0.677. The van der Waals surface area contributed by atoms with Gasteiger partial charge in [0.25, 0.3) is 5.91 Å². The fraction of sp³-hybridized carbons (Fsp3) is 0.267. The molecule has 104 valence electrons. The van der Waals surface area contributed by atoms with Crippen LogP contribution in [0.15, 0.2) is 47.0 Å². The van der Waals surface area contributed by atoms with Crippen LogP contribution in [0.1, 0.15) is 24.2 Å². The average Bonchev–Trinajstić information content (AvgIpc) is 2.43. The Hall–Kier alpha value is -1.45. The maximum Gasteiger partial charge on any atom is 0.277 e. The molecule has 1 aliphatic rings. The van der Waals surface area contributed by atoms with Gasteiger partial charge in [0.05, 0.1) is 5.71 Å². The molecule has 2 rings (SSSR count). The highest BCUT2D eigenvalue weighted by atomic mass is 35.5. The first-order valence-electron chi connectivity index (χ1n) is 6.08. The number of ketones is 1. The van der Waals surface area contributed by atoms with Gasteiger partial charge in [0.15, 0.2) is 5.78 Å². The van der Waals surface area contributed by atoms with Gasteiger partial charge in [0, 0.05) is 5.56 Å². The lowest BCUT2D eigenvalue weighted by Gasteiger charge is -2.30. The van der Waals surface area contributed by atoms with E-state index < -0.39 is 16.2 Å². The number of hydrogen-bond donors (Lipinski definition) is 0. The molecule has 1 aliphatic carbocycles. The third-order valence-corrected chi connectivity index (χ3v) is 4.35. The number of aliphatic imine (C=N–C) groups is 1. The monoisotopic (exact) mass is 309 g/mol. The normalized spacial score (nSPS) is 28.4. The molecule has 0 N–H and O–H groups in total. The van der Waals surface area contributed by atoms with Gasteiger partial charge >= 0.3 is 0 Å². The van der Waals surface area contributed by atoms with E-state index in [1.807, 2.05) is 6.07 Å². The first-order valence-corrected chi connectivity index (χ1v) is 6.89. The van der Waals surface area contributed by atoms with Crippen LogP contribution in [0.2, 0.25) is 0 Å². The minimum atomic E-state index is -1.28. The molecule has 0 radical (unpaired) electrons. The van der Waals surface area contributed by atoms with Gasteiger partial charge in [-0.25, -0.2) is 4.99 Å². The molecule has 0 spiro atoms. The van der Waals surface area contributed by atoms with Gasteiger partial charge in [-0.15, -0.1) is 23.2 Å². The van der Waals surface area contributed by atoms with Gasteiger partial charge in [0.2, 0.25) is 0 Å². The number of nitrogens with zero attached hydrogens (tertiary/aromatic N) is 1. The number of alkyl halides is 2. The fourth-order valence-electron chi connectivity index (χ4n) is 1.89. The van der Waals surface area contributed by atoms with Crippen molar-refractivity contribution < 1.29 is 9.59 Å². The molecule has 2 atom stereocenters. The van der Waals surface area contributed by atoms with Crippen molar-refractivity contribution in [1.29, 1.82) is 0 Å². The van der Waals surface area contributed by atoms with Crippen LogP contribution in [0.4, 0.5) is 0 Å². The molecule has 0 aliphatic heterocycles. The third kappa shape index (κ3) is 2.69. The predicted molar refractivity (Wildman–Crippen MR) is 80.9 cm³/mol. The number of hydrogen-bond acceptors (Lipinski definition) is 2. The number of carbonyl (C=O) groups is 2. The number of benzene rings is 1. The van der Waals surface area contributed by atoms with Crippen molar-refractivity contribution in [3.05, 3.63) is 47.5 Å². The summed E-state index contributed by atoms with van der Waals surface area (Å²) in [5.41, 5.74) is 1.37. The van der Waals surface area contributed by atoms with Crippen LogP contribution < -0.4 is 0 Å². The number of carbonyl (C=O) groups excluding carboxylic acids is 2. The second kappa shape index (κ2) is 5.51. The molecule has 0 saturated carbocycles. The molecular weight excluding hydrogens is 297 g/mol. The van der Waals surface area contributed by atoms with Crippen molar-refractivity contribution in [2.75, 3.05) is 0 Å². The minimum absolute atomic E-state index is 0.275. The number of allylic oxidation sites excluding steroid dienone is 2. The van der Waals surface area contributed by atoms with Crippen LogP contribution in [0.25, 0.3) is 0 Å². The van der Waals surface area contributed by atoms with E-state index in [9.17, 15) is 9.59 Å². The summed E-state index contributed by atoms with van der Waals surface area (Å²) in [6, 6.07) is 8.66. The molecule has 0 aromatic heterocycles. The fourth-order valence-corrected chi connectivity index (χ4v) is 2.38. The highest BCUT2D eigenvalue weighted by molar-refractivity contribution is 6.51. The summed E-state index contributed by atoms with van der Waals surface area (Å²) in [6.07, 6.45) is 1.38. The van der Waals surface area contributed by atoms with E-state index in [0.29, 0.717) is 16.8 Å². The predicted octanol–water partition coefficient (Wildman–Crippen LogP) is 3.40. The van der Waals surface area contributed by atoms with Crippen molar-refractivity contribution in [3.8, 4) is 0 Å². The molecule has 0 heterocycles. The second-order valence-electron chi connectivity index (χ2n) is 4.80. The summed E-state index contributed by atoms with van der Waals surface area (Å²) in [4.78, 5) is 26.7. The van der Waals surface area contributed by atoms with Crippen LogP contribution in [-0.2, 0) is 4.79 Å². The smallest absolute Gasteiger partial charge is 0.277 e. The quantitative estimate of drug-likeness (QED) is 0.746. The second-order valence-corrected chi connectivity index (χ2v) is 6.02. The zero-order valence-electron chi connectivity index (χ0n) is 11.1. The highest BCUT2D eigenvalue weighted by Gasteiger charge is 2.44. The van der Waals surface area contributed by atoms with Crippen molar-refractivity contribution >= 4 is 40.6 Å². The van der Waals surface area contributed by atoms with Gasteiger partial charge in [-0.1, -0.05) is 18.2 Å². The Balaban J connectivity index is 2.41. The minimum Gasteiger partial charge on any atom is -0.293 e. The van der Waals surface area contributed by atoms with Crippen LogP contribution in [0, 0.1) is 0 Å². The Morgan fingerprint density at radius 2 is 1.90 bits per heavy atom. The van der Waals surface area contributed by atoms with Crippen molar-refractivity contribution in [2.45, 2.75) is 24.1 Å². The zero-order valence-corrected chi connectivity index (χ0v) is 12.6. The lowest BCUT2D eigenvalue weighted by molar-refractivity contribution is -0.116. The molecule has 0 fully saturated rings. The maximum absolute atomic E-state index is 12.1. The average molecular weight is 310 g/mol. The lowest BCUT2D eigenvalue weighted by atomic mass is 9.87. The van der Waals surface area contributed by atoms with E-state index in [0.717, 1.165) is 0 Å². The Morgan fingerprint density at radius 1 is 1.30 bits per heavy atom. The molecule has 2 unspecified atom stereocenters. The van der Waals surface area contributed by atoms with Gasteiger partial charge in [0.1, 0.15) is 10.3 Å². The Morgan fingerprint density at radius 3 is 2.50 bits per heavy atom. The summed E-state index contributed by atoms with van der Waals surface area (Å²) in [6.45, 7) is 3.22. The van der Waals surface area contributed by atoms with Crippen LogP contribution >= 0.6 is 23.2 Å². The van der Waals surface area contributed by atoms with E-state index in [1.165, 1.54) is 13.0 Å². The first kappa shape index (κ1) is 14.9. The molecule has 1 aromatic rings. The Labute approximate surface area is 127 Å². The van der Waals surface area contributed by atoms with Gasteiger partial charge in [-0.3, -0.25) is 9.59 Å². The van der Waals surface area contributed by atoms with Crippen LogP contribution in [0.3, 0.4) is 0 Å². The van der Waals surface area contributed by atoms with Gasteiger partial charge < -0.3 is 0 Å². The molecule has 20 heavy (non-hydrogen) atoms. The van der Waals surface area contributed by atoms with Crippen molar-refractivity contribution in [3.63, 3.8) is 0 Å². The topological polar surface area (TPSA) is 46.5 Å². The van der Waals surface area contributed by atoms with E-state index >= 15 is 0 Å². The third-order valence-electron chi connectivity index (χ3n) is 3.19. The number of rotatable bonds is 1. The lowest BCUT2D eigenvalue weighted by Crippen LogP contribution is -2.46. The summed E-state index contributed by atoms with van der Waals surface area (Å²) in [5, 5.41) is -0.839. The number of halogens is 2. The molecule has 0 bridgehead atoms. The van der Waals surface area contributed by atoms with Crippen molar-refractivity contribution in [2.24, 2.45) is 4.99 Å². The molecule has 1 amide bonds.